The molecule has 7 rings (SSSR count). The number of methoxy groups -OCH3 is 1. The second kappa shape index (κ2) is 14.5. The Hall–Kier alpha value is -6.68. The van der Waals surface area contributed by atoms with Crippen LogP contribution in [0.5, 0.6) is 11.5 Å². The SMILES string of the molecule is COc1ccc2nc(-c3ccc(-c4ccc(N(CCOCCOc5ccc6c(c5)C(=O)N(C5CCC(=O)NC5=O)C6=O)C(=O)O)nc4F)cc3)cn2c1. The van der Waals surface area contributed by atoms with E-state index in [1.165, 1.54) is 30.3 Å². The fraction of sp³-hybridized carbons (Fsp3) is 0.216. The molecule has 53 heavy (non-hydrogen) atoms. The van der Waals surface area contributed by atoms with Gasteiger partial charge in [0.25, 0.3) is 11.8 Å². The van der Waals surface area contributed by atoms with Gasteiger partial charge in [-0.25, -0.2) is 14.8 Å². The van der Waals surface area contributed by atoms with Gasteiger partial charge in [-0.1, -0.05) is 24.3 Å². The van der Waals surface area contributed by atoms with E-state index in [2.05, 4.69) is 15.3 Å². The molecule has 1 atom stereocenters. The molecular weight excluding hydrogens is 691 g/mol. The lowest BCUT2D eigenvalue weighted by molar-refractivity contribution is -0.136. The van der Waals surface area contributed by atoms with Gasteiger partial charge in [-0.05, 0) is 54.4 Å². The molecule has 5 amide bonds. The van der Waals surface area contributed by atoms with Crippen LogP contribution in [0.15, 0.2) is 79.1 Å². The fourth-order valence-electron chi connectivity index (χ4n) is 6.17. The normalized spacial score (nSPS) is 15.4. The third-order valence-corrected chi connectivity index (χ3v) is 8.86. The van der Waals surface area contributed by atoms with E-state index in [4.69, 9.17) is 14.2 Å². The van der Waals surface area contributed by atoms with Gasteiger partial charge in [0.2, 0.25) is 17.8 Å². The first-order valence-corrected chi connectivity index (χ1v) is 16.5. The lowest BCUT2D eigenvalue weighted by Gasteiger charge is -2.27. The van der Waals surface area contributed by atoms with Crippen LogP contribution in [0.2, 0.25) is 0 Å². The van der Waals surface area contributed by atoms with Crippen molar-refractivity contribution in [2.45, 2.75) is 18.9 Å². The Balaban J connectivity index is 0.913. The molecular formula is C37H31FN6O9. The number of rotatable bonds is 12. The number of carbonyl (C=O) groups is 5. The van der Waals surface area contributed by atoms with Gasteiger partial charge in [0.15, 0.2) is 0 Å². The summed E-state index contributed by atoms with van der Waals surface area (Å²) in [7, 11) is 1.59. The minimum absolute atomic E-state index is 0.0151. The summed E-state index contributed by atoms with van der Waals surface area (Å²) in [5.74, 6) is -2.43. The van der Waals surface area contributed by atoms with E-state index in [1.54, 1.807) is 19.2 Å². The summed E-state index contributed by atoms with van der Waals surface area (Å²) in [5, 5.41) is 11.9. The Kier molecular flexibility index (Phi) is 9.52. The maximum Gasteiger partial charge on any atom is 0.413 e. The number of carboxylic acid groups (broad SMARTS) is 1. The third-order valence-electron chi connectivity index (χ3n) is 8.86. The molecule has 0 saturated carbocycles. The van der Waals surface area contributed by atoms with E-state index >= 15 is 4.39 Å². The number of aromatic nitrogens is 3. The zero-order chi connectivity index (χ0) is 37.2. The number of halogens is 1. The molecule has 2 aliphatic rings. The van der Waals surface area contributed by atoms with Crippen molar-refractivity contribution in [2.75, 3.05) is 38.4 Å². The van der Waals surface area contributed by atoms with E-state index in [0.717, 1.165) is 26.7 Å². The standard InChI is InChI=1S/C37H31FN6O9/c1-51-24-7-11-30-39-28(20-42(30)19-24)22-4-2-21(3-5-22)25-9-12-31(40-33(25)38)43(37(49)50)14-15-52-16-17-53-23-6-8-26-27(18-23)36(48)44(35(26)47)29-10-13-32(45)41-34(29)46/h2-9,11-12,18-20,29H,10,13-17H2,1H3,(H,49,50)(H,41,45,46). The smallest absolute Gasteiger partial charge is 0.413 e. The number of hydrogen-bond acceptors (Lipinski definition) is 10. The highest BCUT2D eigenvalue weighted by atomic mass is 19.1. The minimum Gasteiger partial charge on any atom is -0.495 e. The summed E-state index contributed by atoms with van der Waals surface area (Å²) in [4.78, 5) is 72.0. The molecule has 1 fully saturated rings. The number of imide groups is 2. The quantitative estimate of drug-likeness (QED) is 0.107. The van der Waals surface area contributed by atoms with Crippen molar-refractivity contribution in [3.63, 3.8) is 0 Å². The van der Waals surface area contributed by atoms with E-state index in [-0.39, 0.29) is 67.5 Å². The van der Waals surface area contributed by atoms with E-state index in [0.29, 0.717) is 11.3 Å². The van der Waals surface area contributed by atoms with Crippen LogP contribution in [0.25, 0.3) is 28.0 Å². The summed E-state index contributed by atoms with van der Waals surface area (Å²) in [6.45, 7) is -0.140. The van der Waals surface area contributed by atoms with Crippen molar-refractivity contribution in [1.29, 1.82) is 0 Å². The Labute approximate surface area is 300 Å². The van der Waals surface area contributed by atoms with Gasteiger partial charge in [-0.15, -0.1) is 0 Å². The van der Waals surface area contributed by atoms with E-state index in [9.17, 15) is 29.1 Å². The molecule has 5 heterocycles. The summed E-state index contributed by atoms with van der Waals surface area (Å²) < 4.78 is 33.6. The molecule has 0 aliphatic carbocycles. The number of carbonyl (C=O) groups excluding carboxylic acids is 4. The molecule has 0 spiro atoms. The molecule has 5 aromatic rings. The van der Waals surface area contributed by atoms with Crippen LogP contribution in [0.3, 0.4) is 0 Å². The molecule has 270 valence electrons. The molecule has 2 aliphatic heterocycles. The van der Waals surface area contributed by atoms with Gasteiger partial charge in [-0.2, -0.15) is 4.39 Å². The Morgan fingerprint density at radius 2 is 1.62 bits per heavy atom. The fourth-order valence-corrected chi connectivity index (χ4v) is 6.17. The zero-order valence-corrected chi connectivity index (χ0v) is 28.2. The monoisotopic (exact) mass is 722 g/mol. The first-order valence-electron chi connectivity index (χ1n) is 16.5. The second-order valence-electron chi connectivity index (χ2n) is 12.1. The highest BCUT2D eigenvalue weighted by Gasteiger charge is 2.44. The molecule has 0 bridgehead atoms. The number of nitrogens with one attached hydrogen (secondary N) is 1. The maximum atomic E-state index is 15.2. The third kappa shape index (κ3) is 6.99. The van der Waals surface area contributed by atoms with Crippen LogP contribution in [-0.2, 0) is 14.3 Å². The van der Waals surface area contributed by atoms with Gasteiger partial charge in [-0.3, -0.25) is 34.3 Å². The predicted molar refractivity (Wildman–Crippen MR) is 185 cm³/mol. The van der Waals surface area contributed by atoms with Crippen molar-refractivity contribution in [3.8, 4) is 33.9 Å². The molecule has 0 radical (unpaired) electrons. The van der Waals surface area contributed by atoms with Crippen molar-refractivity contribution < 1.29 is 47.7 Å². The van der Waals surface area contributed by atoms with E-state index < -0.39 is 41.7 Å². The lowest BCUT2D eigenvalue weighted by atomic mass is 10.0. The highest BCUT2D eigenvalue weighted by Crippen LogP contribution is 2.31. The van der Waals surface area contributed by atoms with Gasteiger partial charge in [0.05, 0.1) is 49.9 Å². The van der Waals surface area contributed by atoms with Crippen molar-refractivity contribution in [3.05, 3.63) is 96.2 Å². The number of piperidine rings is 1. The lowest BCUT2D eigenvalue weighted by Crippen LogP contribution is -2.54. The number of amides is 5. The van der Waals surface area contributed by atoms with Crippen LogP contribution >= 0.6 is 0 Å². The number of anilines is 1. The summed E-state index contributed by atoms with van der Waals surface area (Å²) in [6, 6.07) is 16.9. The molecule has 1 saturated heterocycles. The molecule has 16 heteroatoms. The first kappa shape index (κ1) is 34.8. The molecule has 3 aromatic heterocycles. The Morgan fingerprint density at radius 1 is 0.887 bits per heavy atom. The Morgan fingerprint density at radius 3 is 2.36 bits per heavy atom. The van der Waals surface area contributed by atoms with Gasteiger partial charge >= 0.3 is 6.09 Å². The number of ether oxygens (including phenoxy) is 3. The highest BCUT2D eigenvalue weighted by molar-refractivity contribution is 6.23. The first-order chi connectivity index (χ1) is 25.6. The van der Waals surface area contributed by atoms with Gasteiger partial charge < -0.3 is 23.7 Å². The predicted octanol–water partition coefficient (Wildman–Crippen LogP) is 4.19. The van der Waals surface area contributed by atoms with Crippen LogP contribution < -0.4 is 19.7 Å². The van der Waals surface area contributed by atoms with Gasteiger partial charge in [0, 0.05) is 23.7 Å². The zero-order valence-electron chi connectivity index (χ0n) is 28.2. The average Bonchev–Trinajstić information content (AvgIpc) is 3.68. The molecule has 2 aromatic carbocycles. The van der Waals surface area contributed by atoms with Crippen LogP contribution in [0.1, 0.15) is 33.6 Å². The van der Waals surface area contributed by atoms with E-state index in [1.807, 2.05) is 41.1 Å². The topological polar surface area (TPSA) is 182 Å². The number of nitrogens with zero attached hydrogens (tertiary/aromatic N) is 5. The molecule has 2 N–H and O–H groups in total. The number of hydrogen-bond donors (Lipinski definition) is 2. The van der Waals surface area contributed by atoms with Crippen LogP contribution in [-0.4, -0.2) is 93.6 Å². The average molecular weight is 723 g/mol. The summed E-state index contributed by atoms with van der Waals surface area (Å²) >= 11 is 0. The number of imidazole rings is 1. The largest absolute Gasteiger partial charge is 0.495 e. The molecule has 15 nitrogen and oxygen atoms in total. The number of benzene rings is 2. The second-order valence-corrected chi connectivity index (χ2v) is 12.1. The maximum absolute atomic E-state index is 15.2. The minimum atomic E-state index is -1.34. The van der Waals surface area contributed by atoms with Crippen molar-refractivity contribution in [2.24, 2.45) is 0 Å². The van der Waals surface area contributed by atoms with Crippen molar-refractivity contribution in [1.82, 2.24) is 24.6 Å². The number of fused-ring (bicyclic) bond motifs is 2. The van der Waals surface area contributed by atoms with Gasteiger partial charge in [0.1, 0.15) is 35.6 Å². The van der Waals surface area contributed by atoms with Crippen LogP contribution in [0, 0.1) is 5.95 Å². The van der Waals surface area contributed by atoms with Crippen molar-refractivity contribution >= 4 is 41.2 Å². The Bertz CT molecular complexity index is 2280. The summed E-state index contributed by atoms with van der Waals surface area (Å²) in [5.41, 5.74) is 3.22. The number of pyridine rings is 2. The molecule has 1 unspecified atom stereocenters. The summed E-state index contributed by atoms with van der Waals surface area (Å²) in [6.07, 6.45) is 2.40. The van der Waals surface area contributed by atoms with Crippen LogP contribution in [0.4, 0.5) is 15.0 Å².